The summed E-state index contributed by atoms with van der Waals surface area (Å²) in [6, 6.07) is 0. The highest BCUT2D eigenvalue weighted by atomic mass is 16.5. The molecule has 2 nitrogen and oxygen atoms in total. The maximum Gasteiger partial charge on any atom is 0.161 e. The highest BCUT2D eigenvalue weighted by Crippen LogP contribution is 2.08. The highest BCUT2D eigenvalue weighted by Gasteiger charge is 2.16. The van der Waals surface area contributed by atoms with Crippen LogP contribution in [0.2, 0.25) is 0 Å². The van der Waals surface area contributed by atoms with E-state index in [9.17, 15) is 4.79 Å². The zero-order chi connectivity index (χ0) is 9.56. The molecule has 0 fully saturated rings. The lowest BCUT2D eigenvalue weighted by molar-refractivity contribution is -0.131. The molecule has 0 rings (SSSR count). The Balaban J connectivity index is 3.85. The molecule has 72 valence electrons. The molecule has 0 heterocycles. The number of carbonyl (C=O) groups is 1. The first-order chi connectivity index (χ1) is 5.61. The summed E-state index contributed by atoms with van der Waals surface area (Å²) in [7, 11) is 0. The molecule has 0 aromatic heterocycles. The number of rotatable bonds is 6. The van der Waals surface area contributed by atoms with Crippen LogP contribution in [0.25, 0.3) is 0 Å². The van der Waals surface area contributed by atoms with Crippen LogP contribution in [-0.4, -0.2) is 18.5 Å². The van der Waals surface area contributed by atoms with E-state index in [0.29, 0.717) is 18.9 Å². The fourth-order valence-electron chi connectivity index (χ4n) is 1.17. The molecule has 1 atom stereocenters. The maximum absolute atomic E-state index is 11.4. The number of hydrogen-bond donors (Lipinski definition) is 0. The molecule has 0 bridgehead atoms. The summed E-state index contributed by atoms with van der Waals surface area (Å²) in [5.41, 5.74) is 0. The molecular formula is C10H20O2. The Morgan fingerprint density at radius 2 is 1.92 bits per heavy atom. The quantitative estimate of drug-likeness (QED) is 0.615. The minimum atomic E-state index is -0.169. The smallest absolute Gasteiger partial charge is 0.161 e. The van der Waals surface area contributed by atoms with Gasteiger partial charge in [-0.25, -0.2) is 0 Å². The second kappa shape index (κ2) is 6.18. The molecule has 0 radical (unpaired) electrons. The van der Waals surface area contributed by atoms with Crippen LogP contribution in [0.1, 0.15) is 40.5 Å². The number of carbonyl (C=O) groups excluding carboxylic acids is 1. The van der Waals surface area contributed by atoms with Crippen molar-refractivity contribution in [3.63, 3.8) is 0 Å². The Kier molecular flexibility index (Phi) is 5.99. The van der Waals surface area contributed by atoms with Gasteiger partial charge in [0.2, 0.25) is 0 Å². The van der Waals surface area contributed by atoms with E-state index in [1.807, 2.05) is 13.8 Å². The SMILES string of the molecule is CCOC(CC)C(=O)CC(C)C. The summed E-state index contributed by atoms with van der Waals surface area (Å²) < 4.78 is 5.30. The van der Waals surface area contributed by atoms with E-state index in [1.165, 1.54) is 0 Å². The van der Waals surface area contributed by atoms with Crippen molar-refractivity contribution in [3.05, 3.63) is 0 Å². The average Bonchev–Trinajstić information content (AvgIpc) is 1.98. The molecule has 0 saturated heterocycles. The second-order valence-electron chi connectivity index (χ2n) is 3.42. The molecule has 0 aromatic rings. The second-order valence-corrected chi connectivity index (χ2v) is 3.42. The Hall–Kier alpha value is -0.370. The summed E-state index contributed by atoms with van der Waals surface area (Å²) in [6.45, 7) is 8.64. The molecule has 0 amide bonds. The van der Waals surface area contributed by atoms with Crippen LogP contribution in [0.5, 0.6) is 0 Å². The lowest BCUT2D eigenvalue weighted by Gasteiger charge is -2.14. The van der Waals surface area contributed by atoms with E-state index in [-0.39, 0.29) is 11.9 Å². The van der Waals surface area contributed by atoms with Gasteiger partial charge in [0.05, 0.1) is 0 Å². The van der Waals surface area contributed by atoms with E-state index in [1.54, 1.807) is 0 Å². The fourth-order valence-corrected chi connectivity index (χ4v) is 1.17. The first-order valence-electron chi connectivity index (χ1n) is 4.76. The van der Waals surface area contributed by atoms with Crippen molar-refractivity contribution in [1.82, 2.24) is 0 Å². The molecule has 0 aromatic carbocycles. The van der Waals surface area contributed by atoms with Gasteiger partial charge in [-0.3, -0.25) is 4.79 Å². The Bertz CT molecular complexity index is 130. The van der Waals surface area contributed by atoms with Gasteiger partial charge in [0.1, 0.15) is 6.10 Å². The van der Waals surface area contributed by atoms with Gasteiger partial charge in [0.15, 0.2) is 5.78 Å². The van der Waals surface area contributed by atoms with Crippen molar-refractivity contribution in [2.24, 2.45) is 5.92 Å². The van der Waals surface area contributed by atoms with E-state index >= 15 is 0 Å². The molecule has 2 heteroatoms. The maximum atomic E-state index is 11.4. The van der Waals surface area contributed by atoms with Crippen LogP contribution in [0.15, 0.2) is 0 Å². The summed E-state index contributed by atoms with van der Waals surface area (Å²) in [5, 5.41) is 0. The first kappa shape index (κ1) is 11.6. The van der Waals surface area contributed by atoms with Gasteiger partial charge in [-0.2, -0.15) is 0 Å². The van der Waals surface area contributed by atoms with Crippen LogP contribution in [0, 0.1) is 5.92 Å². The Morgan fingerprint density at radius 3 is 2.25 bits per heavy atom. The first-order valence-corrected chi connectivity index (χ1v) is 4.76. The number of ketones is 1. The van der Waals surface area contributed by atoms with Crippen molar-refractivity contribution >= 4 is 5.78 Å². The zero-order valence-corrected chi connectivity index (χ0v) is 8.59. The third kappa shape index (κ3) is 4.50. The third-order valence-corrected chi connectivity index (χ3v) is 1.71. The van der Waals surface area contributed by atoms with Crippen LogP contribution >= 0.6 is 0 Å². The minimum Gasteiger partial charge on any atom is -0.371 e. The van der Waals surface area contributed by atoms with E-state index < -0.39 is 0 Å². The molecule has 1 unspecified atom stereocenters. The summed E-state index contributed by atoms with van der Waals surface area (Å²) in [4.78, 5) is 11.4. The van der Waals surface area contributed by atoms with Crippen LogP contribution in [0.4, 0.5) is 0 Å². The molecule has 0 aliphatic heterocycles. The molecule has 12 heavy (non-hydrogen) atoms. The van der Waals surface area contributed by atoms with Gasteiger partial charge in [0.25, 0.3) is 0 Å². The third-order valence-electron chi connectivity index (χ3n) is 1.71. The Labute approximate surface area is 75.3 Å². The van der Waals surface area contributed by atoms with Crippen LogP contribution < -0.4 is 0 Å². The predicted octanol–water partition coefficient (Wildman–Crippen LogP) is 2.42. The van der Waals surface area contributed by atoms with E-state index in [4.69, 9.17) is 4.74 Å². The van der Waals surface area contributed by atoms with Crippen molar-refractivity contribution in [2.45, 2.75) is 46.6 Å². The number of Topliss-reactive ketones (excluding diaryl/α,β-unsaturated/α-hetero) is 1. The molecule has 0 spiro atoms. The van der Waals surface area contributed by atoms with Crippen molar-refractivity contribution in [3.8, 4) is 0 Å². The van der Waals surface area contributed by atoms with Gasteiger partial charge in [-0.1, -0.05) is 20.8 Å². The fraction of sp³-hybridized carbons (Fsp3) is 0.900. The van der Waals surface area contributed by atoms with Gasteiger partial charge in [-0.05, 0) is 19.3 Å². The van der Waals surface area contributed by atoms with Gasteiger partial charge in [-0.15, -0.1) is 0 Å². The van der Waals surface area contributed by atoms with Gasteiger partial charge in [0, 0.05) is 13.0 Å². The molecule has 0 N–H and O–H groups in total. The lowest BCUT2D eigenvalue weighted by atomic mass is 10.0. The molecular weight excluding hydrogens is 152 g/mol. The Morgan fingerprint density at radius 1 is 1.33 bits per heavy atom. The molecule has 0 saturated carbocycles. The monoisotopic (exact) mass is 172 g/mol. The summed E-state index contributed by atoms with van der Waals surface area (Å²) in [5.74, 6) is 0.682. The topological polar surface area (TPSA) is 26.3 Å². The van der Waals surface area contributed by atoms with Crippen LogP contribution in [0.3, 0.4) is 0 Å². The normalized spacial score (nSPS) is 13.4. The largest absolute Gasteiger partial charge is 0.371 e. The molecule has 0 aliphatic carbocycles. The predicted molar refractivity (Wildman–Crippen MR) is 50.2 cm³/mol. The average molecular weight is 172 g/mol. The number of ether oxygens (including phenoxy) is 1. The van der Waals surface area contributed by atoms with Crippen LogP contribution in [-0.2, 0) is 9.53 Å². The number of hydrogen-bond acceptors (Lipinski definition) is 2. The summed E-state index contributed by atoms with van der Waals surface area (Å²) in [6.07, 6.45) is 1.26. The van der Waals surface area contributed by atoms with Crippen molar-refractivity contribution < 1.29 is 9.53 Å². The van der Waals surface area contributed by atoms with Gasteiger partial charge < -0.3 is 4.74 Å². The lowest BCUT2D eigenvalue weighted by Crippen LogP contribution is -2.24. The van der Waals surface area contributed by atoms with E-state index in [2.05, 4.69) is 13.8 Å². The zero-order valence-electron chi connectivity index (χ0n) is 8.59. The van der Waals surface area contributed by atoms with E-state index in [0.717, 1.165) is 6.42 Å². The van der Waals surface area contributed by atoms with Crippen molar-refractivity contribution in [2.75, 3.05) is 6.61 Å². The minimum absolute atomic E-state index is 0.169. The standard InChI is InChI=1S/C10H20O2/c1-5-10(12-6-2)9(11)7-8(3)4/h8,10H,5-7H2,1-4H3. The van der Waals surface area contributed by atoms with Crippen molar-refractivity contribution in [1.29, 1.82) is 0 Å². The highest BCUT2D eigenvalue weighted by molar-refractivity contribution is 5.83. The van der Waals surface area contributed by atoms with Gasteiger partial charge >= 0.3 is 0 Å². The molecule has 0 aliphatic rings. The summed E-state index contributed by atoms with van der Waals surface area (Å²) >= 11 is 0.